The molecule has 4 nitrogen and oxygen atoms in total. The van der Waals surface area contributed by atoms with Crippen LogP contribution >= 0.6 is 0 Å². The van der Waals surface area contributed by atoms with E-state index in [0.717, 1.165) is 23.5 Å². The van der Waals surface area contributed by atoms with E-state index in [0.29, 0.717) is 5.75 Å². The van der Waals surface area contributed by atoms with Crippen LogP contribution in [0.5, 0.6) is 11.5 Å². The molecule has 4 aliphatic carbocycles. The molecule has 1 amide bonds. The van der Waals surface area contributed by atoms with Crippen molar-refractivity contribution in [2.75, 3.05) is 13.7 Å². The van der Waals surface area contributed by atoms with Crippen LogP contribution in [-0.2, 0) is 4.79 Å². The van der Waals surface area contributed by atoms with Gasteiger partial charge in [0, 0.05) is 5.54 Å². The molecule has 1 aromatic rings. The Bertz CT molecular complexity index is 545. The van der Waals surface area contributed by atoms with Gasteiger partial charge in [0.05, 0.1) is 7.11 Å². The van der Waals surface area contributed by atoms with E-state index < -0.39 is 0 Å². The van der Waals surface area contributed by atoms with Gasteiger partial charge in [0.25, 0.3) is 5.91 Å². The molecule has 23 heavy (non-hydrogen) atoms. The first-order valence-electron chi connectivity index (χ1n) is 8.72. The smallest absolute Gasteiger partial charge is 0.258 e. The van der Waals surface area contributed by atoms with Crippen molar-refractivity contribution in [3.05, 3.63) is 24.3 Å². The van der Waals surface area contributed by atoms with Gasteiger partial charge in [-0.3, -0.25) is 4.79 Å². The second-order valence-electron chi connectivity index (χ2n) is 7.71. The van der Waals surface area contributed by atoms with Crippen LogP contribution < -0.4 is 14.8 Å². The van der Waals surface area contributed by atoms with Crippen molar-refractivity contribution < 1.29 is 14.3 Å². The third kappa shape index (κ3) is 3.04. The molecule has 0 atom stereocenters. The van der Waals surface area contributed by atoms with Crippen molar-refractivity contribution >= 4 is 5.91 Å². The number of methoxy groups -OCH3 is 1. The Morgan fingerprint density at radius 2 is 1.57 bits per heavy atom. The van der Waals surface area contributed by atoms with E-state index in [1.165, 1.54) is 38.5 Å². The molecule has 4 bridgehead atoms. The van der Waals surface area contributed by atoms with E-state index in [4.69, 9.17) is 9.47 Å². The van der Waals surface area contributed by atoms with Crippen LogP contribution in [0.2, 0.25) is 0 Å². The maximum atomic E-state index is 12.4. The summed E-state index contributed by atoms with van der Waals surface area (Å²) in [6, 6.07) is 7.34. The van der Waals surface area contributed by atoms with Gasteiger partial charge in [-0.1, -0.05) is 0 Å². The van der Waals surface area contributed by atoms with Gasteiger partial charge in [0.1, 0.15) is 11.5 Å². The fraction of sp³-hybridized carbons (Fsp3) is 0.632. The van der Waals surface area contributed by atoms with Crippen molar-refractivity contribution in [3.8, 4) is 11.5 Å². The van der Waals surface area contributed by atoms with Crippen LogP contribution in [0, 0.1) is 17.8 Å². The Morgan fingerprint density at radius 3 is 2.09 bits per heavy atom. The maximum Gasteiger partial charge on any atom is 0.258 e. The van der Waals surface area contributed by atoms with E-state index in [1.54, 1.807) is 7.11 Å². The highest BCUT2D eigenvalue weighted by Gasteiger charge is 2.51. The second-order valence-corrected chi connectivity index (χ2v) is 7.71. The summed E-state index contributed by atoms with van der Waals surface area (Å²) in [7, 11) is 1.63. The summed E-state index contributed by atoms with van der Waals surface area (Å²) in [6.45, 7) is 0.0913. The molecule has 0 aromatic heterocycles. The molecule has 4 saturated carbocycles. The van der Waals surface area contributed by atoms with E-state index in [-0.39, 0.29) is 18.1 Å². The predicted octanol–water partition coefficient (Wildman–Crippen LogP) is 3.16. The summed E-state index contributed by atoms with van der Waals surface area (Å²) < 4.78 is 10.7. The molecule has 0 heterocycles. The number of ether oxygens (including phenoxy) is 2. The minimum atomic E-state index is 0.0165. The van der Waals surface area contributed by atoms with Gasteiger partial charge in [-0.2, -0.15) is 0 Å². The summed E-state index contributed by atoms with van der Waals surface area (Å²) in [5.41, 5.74) is 0.0646. The van der Waals surface area contributed by atoms with Crippen LogP contribution in [-0.4, -0.2) is 25.2 Å². The Balaban J connectivity index is 1.33. The highest BCUT2D eigenvalue weighted by Crippen LogP contribution is 2.55. The van der Waals surface area contributed by atoms with E-state index >= 15 is 0 Å². The number of nitrogens with one attached hydrogen (secondary N) is 1. The quantitative estimate of drug-likeness (QED) is 0.908. The number of carbonyl (C=O) groups is 1. The number of benzene rings is 1. The Kier molecular flexibility index (Phi) is 3.70. The topological polar surface area (TPSA) is 47.6 Å². The van der Waals surface area contributed by atoms with Gasteiger partial charge in [0.2, 0.25) is 0 Å². The summed E-state index contributed by atoms with van der Waals surface area (Å²) in [6.07, 6.45) is 7.68. The number of hydrogen-bond donors (Lipinski definition) is 1. The van der Waals surface area contributed by atoms with Crippen molar-refractivity contribution in [1.82, 2.24) is 5.32 Å². The molecule has 0 unspecified atom stereocenters. The lowest BCUT2D eigenvalue weighted by molar-refractivity contribution is -0.128. The Morgan fingerprint density at radius 1 is 1.04 bits per heavy atom. The zero-order valence-corrected chi connectivity index (χ0v) is 13.7. The molecule has 124 valence electrons. The molecular formula is C19H25NO3. The SMILES string of the molecule is COc1ccc(OCC(=O)NC23CC4CC(CC(C4)C2)C3)cc1. The highest BCUT2D eigenvalue weighted by atomic mass is 16.5. The molecule has 0 aliphatic heterocycles. The normalized spacial score (nSPS) is 34.2. The van der Waals surface area contributed by atoms with Gasteiger partial charge < -0.3 is 14.8 Å². The molecule has 0 radical (unpaired) electrons. The first-order valence-corrected chi connectivity index (χ1v) is 8.72. The van der Waals surface area contributed by atoms with Gasteiger partial charge in [-0.05, 0) is 80.5 Å². The van der Waals surface area contributed by atoms with Crippen molar-refractivity contribution in [2.24, 2.45) is 17.8 Å². The fourth-order valence-corrected chi connectivity index (χ4v) is 5.42. The van der Waals surface area contributed by atoms with Crippen molar-refractivity contribution in [1.29, 1.82) is 0 Å². The van der Waals surface area contributed by atoms with Gasteiger partial charge in [-0.25, -0.2) is 0 Å². The minimum Gasteiger partial charge on any atom is -0.497 e. The second kappa shape index (κ2) is 5.73. The van der Waals surface area contributed by atoms with Crippen LogP contribution in [0.1, 0.15) is 38.5 Å². The Labute approximate surface area is 137 Å². The molecule has 1 N–H and O–H groups in total. The van der Waals surface area contributed by atoms with Gasteiger partial charge in [0.15, 0.2) is 6.61 Å². The molecule has 1 aromatic carbocycles. The summed E-state index contributed by atoms with van der Waals surface area (Å²) in [4.78, 5) is 12.4. The predicted molar refractivity (Wildman–Crippen MR) is 87.5 cm³/mol. The standard InChI is InChI=1S/C19H25NO3/c1-22-16-2-4-17(5-3-16)23-12-18(21)20-19-9-13-6-14(10-19)8-15(7-13)11-19/h2-5,13-15H,6-12H2,1H3,(H,20,21). The Hall–Kier alpha value is -1.71. The van der Waals surface area contributed by atoms with Crippen LogP contribution in [0.3, 0.4) is 0 Å². The molecule has 5 rings (SSSR count). The minimum absolute atomic E-state index is 0.0165. The zero-order chi connectivity index (χ0) is 15.9. The number of carbonyl (C=O) groups excluding carboxylic acids is 1. The first-order chi connectivity index (χ1) is 11.1. The van der Waals surface area contributed by atoms with Crippen LogP contribution in [0.25, 0.3) is 0 Å². The lowest BCUT2D eigenvalue weighted by Crippen LogP contribution is -2.60. The van der Waals surface area contributed by atoms with E-state index in [9.17, 15) is 4.79 Å². The highest BCUT2D eigenvalue weighted by molar-refractivity contribution is 5.78. The van der Waals surface area contributed by atoms with Crippen molar-refractivity contribution in [2.45, 2.75) is 44.1 Å². The maximum absolute atomic E-state index is 12.4. The average Bonchev–Trinajstić information content (AvgIpc) is 2.51. The van der Waals surface area contributed by atoms with Crippen LogP contribution in [0.15, 0.2) is 24.3 Å². The number of hydrogen-bond acceptors (Lipinski definition) is 3. The molecule has 4 aliphatic rings. The zero-order valence-electron chi connectivity index (χ0n) is 13.7. The largest absolute Gasteiger partial charge is 0.497 e. The average molecular weight is 315 g/mol. The fourth-order valence-electron chi connectivity index (χ4n) is 5.42. The molecule has 4 fully saturated rings. The third-order valence-electron chi connectivity index (χ3n) is 5.87. The van der Waals surface area contributed by atoms with Crippen molar-refractivity contribution in [3.63, 3.8) is 0 Å². The van der Waals surface area contributed by atoms with E-state index in [1.807, 2.05) is 24.3 Å². The van der Waals surface area contributed by atoms with Gasteiger partial charge >= 0.3 is 0 Å². The number of rotatable bonds is 5. The summed E-state index contributed by atoms with van der Waals surface area (Å²) in [5.74, 6) is 4.02. The monoisotopic (exact) mass is 315 g/mol. The van der Waals surface area contributed by atoms with Crippen LogP contribution in [0.4, 0.5) is 0 Å². The lowest BCUT2D eigenvalue weighted by atomic mass is 9.53. The first kappa shape index (κ1) is 14.9. The summed E-state index contributed by atoms with van der Waals surface area (Å²) >= 11 is 0. The molecular weight excluding hydrogens is 290 g/mol. The van der Waals surface area contributed by atoms with E-state index in [2.05, 4.69) is 5.32 Å². The lowest BCUT2D eigenvalue weighted by Gasteiger charge is -2.56. The number of amides is 1. The molecule has 0 saturated heterocycles. The summed E-state index contributed by atoms with van der Waals surface area (Å²) in [5, 5.41) is 3.33. The van der Waals surface area contributed by atoms with Gasteiger partial charge in [-0.15, -0.1) is 0 Å². The third-order valence-corrected chi connectivity index (χ3v) is 5.87. The molecule has 0 spiro atoms. The molecule has 4 heteroatoms.